The molecule has 0 aliphatic carbocycles. The van der Waals surface area contributed by atoms with Crippen LogP contribution in [-0.4, -0.2) is 33.3 Å². The van der Waals surface area contributed by atoms with Gasteiger partial charge < -0.3 is 20.4 Å². The third-order valence-electron chi connectivity index (χ3n) is 4.64. The molecule has 0 amide bonds. The fraction of sp³-hybridized carbons (Fsp3) is 0.316. The lowest BCUT2D eigenvalue weighted by Crippen LogP contribution is -2.43. The quantitative estimate of drug-likeness (QED) is 0.565. The molecule has 0 unspecified atom stereocenters. The van der Waals surface area contributed by atoms with Gasteiger partial charge in [0.25, 0.3) is 0 Å². The lowest BCUT2D eigenvalue weighted by Gasteiger charge is -2.32. The number of hydrogen-bond donors (Lipinski definition) is 3. The summed E-state index contributed by atoms with van der Waals surface area (Å²) in [6.45, 7) is 4.02. The van der Waals surface area contributed by atoms with Crippen LogP contribution in [0.1, 0.15) is 22.3 Å². The van der Waals surface area contributed by atoms with Crippen molar-refractivity contribution < 1.29 is 10.2 Å². The molecular formula is C19H21ClN2O2S. The van der Waals surface area contributed by atoms with Gasteiger partial charge >= 0.3 is 0 Å². The van der Waals surface area contributed by atoms with Gasteiger partial charge in [-0.15, -0.1) is 0 Å². The van der Waals surface area contributed by atoms with Crippen molar-refractivity contribution in [2.24, 2.45) is 0 Å². The summed E-state index contributed by atoms with van der Waals surface area (Å²) >= 11 is 11.4. The van der Waals surface area contributed by atoms with E-state index < -0.39 is 0 Å². The van der Waals surface area contributed by atoms with Crippen molar-refractivity contribution in [2.45, 2.75) is 26.3 Å². The van der Waals surface area contributed by atoms with Gasteiger partial charge in [0.2, 0.25) is 0 Å². The Kier molecular flexibility index (Phi) is 5.35. The van der Waals surface area contributed by atoms with Crippen LogP contribution in [0.3, 0.4) is 0 Å². The van der Waals surface area contributed by atoms with E-state index >= 15 is 0 Å². The molecule has 0 saturated heterocycles. The zero-order valence-electron chi connectivity index (χ0n) is 14.1. The summed E-state index contributed by atoms with van der Waals surface area (Å²) in [5, 5.41) is 24.5. The van der Waals surface area contributed by atoms with Gasteiger partial charge in [0, 0.05) is 24.7 Å². The molecule has 0 bridgehead atoms. The highest BCUT2D eigenvalue weighted by atomic mass is 35.5. The van der Waals surface area contributed by atoms with Crippen LogP contribution in [-0.2, 0) is 19.4 Å². The number of benzene rings is 2. The lowest BCUT2D eigenvalue weighted by molar-refractivity contribution is 0.372. The number of phenols is 2. The van der Waals surface area contributed by atoms with E-state index in [2.05, 4.69) is 10.2 Å². The molecule has 0 atom stereocenters. The average molecular weight is 377 g/mol. The Hall–Kier alpha value is -1.98. The smallest absolute Gasteiger partial charge is 0.169 e. The third-order valence-corrected chi connectivity index (χ3v) is 5.29. The summed E-state index contributed by atoms with van der Waals surface area (Å²) in [5.74, 6) is -0.0874. The van der Waals surface area contributed by atoms with E-state index in [0.29, 0.717) is 11.7 Å². The van der Waals surface area contributed by atoms with E-state index in [1.54, 1.807) is 6.07 Å². The van der Waals surface area contributed by atoms with E-state index in [0.717, 1.165) is 47.6 Å². The number of rotatable bonds is 3. The summed E-state index contributed by atoms with van der Waals surface area (Å²) in [6, 6.07) is 9.47. The second kappa shape index (κ2) is 7.50. The van der Waals surface area contributed by atoms with Gasteiger partial charge in [-0.25, -0.2) is 0 Å². The fourth-order valence-corrected chi connectivity index (χ4v) is 3.50. The molecule has 4 nitrogen and oxygen atoms in total. The van der Waals surface area contributed by atoms with E-state index in [4.69, 9.17) is 23.8 Å². The normalized spacial score (nSPS) is 13.4. The molecule has 0 aromatic heterocycles. The van der Waals surface area contributed by atoms with Gasteiger partial charge in [0.05, 0.1) is 0 Å². The number of thiocarbonyl (C=S) groups is 1. The van der Waals surface area contributed by atoms with Crippen molar-refractivity contribution in [3.05, 3.63) is 57.6 Å². The molecule has 2 aromatic rings. The molecule has 1 heterocycles. The van der Waals surface area contributed by atoms with E-state index in [1.165, 1.54) is 5.56 Å². The molecule has 25 heavy (non-hydrogen) atoms. The van der Waals surface area contributed by atoms with Gasteiger partial charge in [-0.1, -0.05) is 23.7 Å². The fourth-order valence-electron chi connectivity index (χ4n) is 3.11. The van der Waals surface area contributed by atoms with Crippen molar-refractivity contribution in [1.29, 1.82) is 0 Å². The monoisotopic (exact) mass is 376 g/mol. The molecule has 3 rings (SSSR count). The second-order valence-electron chi connectivity index (χ2n) is 6.29. The Labute approximate surface area is 158 Å². The molecule has 6 heteroatoms. The largest absolute Gasteiger partial charge is 0.504 e. The number of hydrogen-bond acceptors (Lipinski definition) is 3. The topological polar surface area (TPSA) is 55.7 Å². The Balaban J connectivity index is 1.59. The average Bonchev–Trinajstić information content (AvgIpc) is 2.61. The van der Waals surface area contributed by atoms with Gasteiger partial charge in [0.1, 0.15) is 0 Å². The Bertz CT molecular complexity index is 793. The maximum absolute atomic E-state index is 9.95. The van der Waals surface area contributed by atoms with Crippen LogP contribution >= 0.6 is 23.8 Å². The zero-order chi connectivity index (χ0) is 18.0. The van der Waals surface area contributed by atoms with Gasteiger partial charge in [-0.3, -0.25) is 0 Å². The van der Waals surface area contributed by atoms with Gasteiger partial charge in [-0.2, -0.15) is 0 Å². The first kappa shape index (κ1) is 17.8. The summed E-state index contributed by atoms with van der Waals surface area (Å²) < 4.78 is 0. The minimum absolute atomic E-state index is 0.0396. The van der Waals surface area contributed by atoms with Crippen LogP contribution in [0, 0.1) is 6.92 Å². The van der Waals surface area contributed by atoms with Crippen molar-refractivity contribution >= 4 is 28.9 Å². The highest BCUT2D eigenvalue weighted by Crippen LogP contribution is 2.36. The minimum Gasteiger partial charge on any atom is -0.504 e. The van der Waals surface area contributed by atoms with Gasteiger partial charge in [0.15, 0.2) is 16.6 Å². The van der Waals surface area contributed by atoms with Crippen molar-refractivity contribution in [3.63, 3.8) is 0 Å². The lowest BCUT2D eigenvalue weighted by atomic mass is 9.94. The number of nitrogens with zero attached hydrogens (tertiary/aromatic N) is 1. The SMILES string of the molecule is Cc1c(O)c(O)cc2c1CN(C(=S)NCCc1ccc(Cl)cc1)CC2. The van der Waals surface area contributed by atoms with Crippen LogP contribution < -0.4 is 5.32 Å². The molecule has 1 aliphatic heterocycles. The first-order valence-corrected chi connectivity index (χ1v) is 9.05. The first-order chi connectivity index (χ1) is 12.0. The molecule has 3 N–H and O–H groups in total. The van der Waals surface area contributed by atoms with Crippen LogP contribution in [0.15, 0.2) is 30.3 Å². The first-order valence-electron chi connectivity index (χ1n) is 8.26. The molecule has 0 spiro atoms. The van der Waals surface area contributed by atoms with E-state index in [-0.39, 0.29) is 11.5 Å². The Morgan fingerprint density at radius 3 is 2.72 bits per heavy atom. The number of nitrogens with one attached hydrogen (secondary N) is 1. The second-order valence-corrected chi connectivity index (χ2v) is 7.11. The molecule has 1 aliphatic rings. The number of phenolic OH excluding ortho intramolecular Hbond substituents is 2. The molecule has 0 radical (unpaired) electrons. The summed E-state index contributed by atoms with van der Waals surface area (Å²) in [7, 11) is 0. The summed E-state index contributed by atoms with van der Waals surface area (Å²) in [6.07, 6.45) is 1.67. The van der Waals surface area contributed by atoms with Crippen molar-refractivity contribution in [3.8, 4) is 11.5 Å². The summed E-state index contributed by atoms with van der Waals surface area (Å²) in [4.78, 5) is 2.10. The maximum Gasteiger partial charge on any atom is 0.169 e. The van der Waals surface area contributed by atoms with Crippen LogP contribution in [0.2, 0.25) is 5.02 Å². The maximum atomic E-state index is 9.95. The standard InChI is InChI=1S/C19H21ClN2O2S/c1-12-16-11-22(9-7-14(16)10-17(23)18(12)24)19(25)21-8-6-13-2-4-15(20)5-3-13/h2-5,10,23-24H,6-9,11H2,1H3,(H,21,25). The molecular weight excluding hydrogens is 356 g/mol. The molecule has 0 saturated carbocycles. The summed E-state index contributed by atoms with van der Waals surface area (Å²) in [5.41, 5.74) is 4.06. The zero-order valence-corrected chi connectivity index (χ0v) is 15.6. The highest BCUT2D eigenvalue weighted by molar-refractivity contribution is 7.80. The Morgan fingerprint density at radius 1 is 1.28 bits per heavy atom. The molecule has 2 aromatic carbocycles. The Morgan fingerprint density at radius 2 is 2.00 bits per heavy atom. The van der Waals surface area contributed by atoms with Crippen LogP contribution in [0.4, 0.5) is 0 Å². The van der Waals surface area contributed by atoms with Crippen molar-refractivity contribution in [1.82, 2.24) is 10.2 Å². The number of fused-ring (bicyclic) bond motifs is 1. The minimum atomic E-state index is -0.0478. The van der Waals surface area contributed by atoms with E-state index in [1.807, 2.05) is 31.2 Å². The predicted octanol–water partition coefficient (Wildman–Crippen LogP) is 3.53. The highest BCUT2D eigenvalue weighted by Gasteiger charge is 2.22. The van der Waals surface area contributed by atoms with E-state index in [9.17, 15) is 10.2 Å². The number of aromatic hydroxyl groups is 2. The number of halogens is 1. The molecule has 0 fully saturated rings. The van der Waals surface area contributed by atoms with Crippen LogP contribution in [0.25, 0.3) is 0 Å². The van der Waals surface area contributed by atoms with Crippen LogP contribution in [0.5, 0.6) is 11.5 Å². The van der Waals surface area contributed by atoms with Crippen molar-refractivity contribution in [2.75, 3.05) is 13.1 Å². The van der Waals surface area contributed by atoms with Gasteiger partial charge in [-0.05, 0) is 72.4 Å². The third kappa shape index (κ3) is 3.99. The molecule has 132 valence electrons. The predicted molar refractivity (Wildman–Crippen MR) is 104 cm³/mol.